The van der Waals surface area contributed by atoms with E-state index in [1.54, 1.807) is 4.88 Å². The first-order valence-corrected chi connectivity index (χ1v) is 8.07. The molecule has 2 unspecified atom stereocenters. The smallest absolute Gasteiger partial charge is 0.0406 e. The first-order valence-electron chi connectivity index (χ1n) is 6.82. The van der Waals surface area contributed by atoms with Gasteiger partial charge in [-0.2, -0.15) is 0 Å². The predicted molar refractivity (Wildman–Crippen MR) is 83.0 cm³/mol. The van der Waals surface area contributed by atoms with Crippen LogP contribution in [0.15, 0.2) is 35.7 Å². The molecule has 0 saturated carbocycles. The van der Waals surface area contributed by atoms with Gasteiger partial charge in [-0.15, -0.1) is 11.3 Å². The SMILES string of the molecule is CC(NC1CCCc2sccc21)c1ccc(Cl)cc1. The molecule has 1 N–H and O–H groups in total. The van der Waals surface area contributed by atoms with Gasteiger partial charge >= 0.3 is 0 Å². The van der Waals surface area contributed by atoms with E-state index in [1.807, 2.05) is 23.5 Å². The van der Waals surface area contributed by atoms with Crippen molar-refractivity contribution < 1.29 is 0 Å². The lowest BCUT2D eigenvalue weighted by atomic mass is 9.93. The van der Waals surface area contributed by atoms with Crippen LogP contribution in [0.5, 0.6) is 0 Å². The zero-order valence-corrected chi connectivity index (χ0v) is 12.6. The molecule has 3 rings (SSSR count). The number of thiophene rings is 1. The zero-order chi connectivity index (χ0) is 13.2. The van der Waals surface area contributed by atoms with Crippen molar-refractivity contribution in [2.24, 2.45) is 0 Å². The number of nitrogens with one attached hydrogen (secondary N) is 1. The minimum absolute atomic E-state index is 0.355. The van der Waals surface area contributed by atoms with Crippen LogP contribution < -0.4 is 5.32 Å². The number of hydrogen-bond acceptors (Lipinski definition) is 2. The Morgan fingerprint density at radius 2 is 2.05 bits per heavy atom. The maximum atomic E-state index is 5.94. The summed E-state index contributed by atoms with van der Waals surface area (Å²) in [5.41, 5.74) is 2.81. The topological polar surface area (TPSA) is 12.0 Å². The summed E-state index contributed by atoms with van der Waals surface area (Å²) in [5, 5.41) is 6.78. The van der Waals surface area contributed by atoms with Crippen molar-refractivity contribution in [3.63, 3.8) is 0 Å². The van der Waals surface area contributed by atoms with Crippen molar-refractivity contribution in [1.29, 1.82) is 0 Å². The van der Waals surface area contributed by atoms with Crippen molar-refractivity contribution in [2.75, 3.05) is 0 Å². The molecule has 1 aromatic carbocycles. The van der Waals surface area contributed by atoms with E-state index in [2.05, 4.69) is 35.8 Å². The lowest BCUT2D eigenvalue weighted by molar-refractivity contribution is 0.418. The predicted octanol–water partition coefficient (Wildman–Crippen LogP) is 5.13. The van der Waals surface area contributed by atoms with Gasteiger partial charge < -0.3 is 5.32 Å². The highest BCUT2D eigenvalue weighted by Gasteiger charge is 2.22. The summed E-state index contributed by atoms with van der Waals surface area (Å²) in [7, 11) is 0. The normalized spacial score (nSPS) is 20.0. The molecule has 2 aromatic rings. The summed E-state index contributed by atoms with van der Waals surface area (Å²) < 4.78 is 0. The lowest BCUT2D eigenvalue weighted by Gasteiger charge is -2.27. The van der Waals surface area contributed by atoms with Gasteiger partial charge in [-0.25, -0.2) is 0 Å². The van der Waals surface area contributed by atoms with Crippen LogP contribution in [0.3, 0.4) is 0 Å². The van der Waals surface area contributed by atoms with Crippen LogP contribution in [0.4, 0.5) is 0 Å². The molecule has 0 fully saturated rings. The molecule has 1 aliphatic carbocycles. The molecule has 3 heteroatoms. The van der Waals surface area contributed by atoms with Gasteiger partial charge in [-0.1, -0.05) is 23.7 Å². The fraction of sp³-hybridized carbons (Fsp3) is 0.375. The zero-order valence-electron chi connectivity index (χ0n) is 11.0. The first-order chi connectivity index (χ1) is 9.24. The molecular weight excluding hydrogens is 274 g/mol. The van der Waals surface area contributed by atoms with Gasteiger partial charge in [-0.3, -0.25) is 0 Å². The van der Waals surface area contributed by atoms with E-state index in [0.29, 0.717) is 12.1 Å². The fourth-order valence-corrected chi connectivity index (χ4v) is 3.92. The van der Waals surface area contributed by atoms with Crippen LogP contribution in [-0.2, 0) is 6.42 Å². The van der Waals surface area contributed by atoms with Crippen LogP contribution in [0.25, 0.3) is 0 Å². The summed E-state index contributed by atoms with van der Waals surface area (Å²) in [6.45, 7) is 2.23. The molecule has 19 heavy (non-hydrogen) atoms. The lowest BCUT2D eigenvalue weighted by Crippen LogP contribution is -2.27. The van der Waals surface area contributed by atoms with E-state index in [-0.39, 0.29) is 0 Å². The monoisotopic (exact) mass is 291 g/mol. The molecule has 1 nitrogen and oxygen atoms in total. The molecule has 100 valence electrons. The molecule has 1 heterocycles. The van der Waals surface area contributed by atoms with Crippen LogP contribution in [-0.4, -0.2) is 0 Å². The van der Waals surface area contributed by atoms with Crippen molar-refractivity contribution >= 4 is 22.9 Å². The molecule has 0 saturated heterocycles. The van der Waals surface area contributed by atoms with Gasteiger partial charge in [0.2, 0.25) is 0 Å². The number of fused-ring (bicyclic) bond motifs is 1. The Labute approximate surface area is 123 Å². The molecule has 0 bridgehead atoms. The highest BCUT2D eigenvalue weighted by Crippen LogP contribution is 2.34. The van der Waals surface area contributed by atoms with E-state index >= 15 is 0 Å². The second-order valence-electron chi connectivity index (χ2n) is 5.18. The average molecular weight is 292 g/mol. The fourth-order valence-electron chi connectivity index (χ4n) is 2.81. The molecular formula is C16H18ClNS. The standard InChI is InChI=1S/C16H18ClNS/c1-11(12-5-7-13(17)8-6-12)18-15-3-2-4-16-14(15)9-10-19-16/h5-11,15,18H,2-4H2,1H3. The molecule has 0 spiro atoms. The van der Waals surface area contributed by atoms with Gasteiger partial charge in [0.1, 0.15) is 0 Å². The Hall–Kier alpha value is -0.830. The highest BCUT2D eigenvalue weighted by molar-refractivity contribution is 7.10. The minimum Gasteiger partial charge on any atom is -0.303 e. The molecule has 1 aromatic heterocycles. The highest BCUT2D eigenvalue weighted by atomic mass is 35.5. The Morgan fingerprint density at radius 1 is 1.26 bits per heavy atom. The Kier molecular flexibility index (Phi) is 3.92. The van der Waals surface area contributed by atoms with Crippen molar-refractivity contribution in [2.45, 2.75) is 38.3 Å². The second kappa shape index (κ2) is 5.66. The van der Waals surface area contributed by atoms with Gasteiger partial charge in [-0.05, 0) is 60.9 Å². The van der Waals surface area contributed by atoms with Crippen LogP contribution >= 0.6 is 22.9 Å². The quantitative estimate of drug-likeness (QED) is 0.826. The second-order valence-corrected chi connectivity index (χ2v) is 6.62. The third kappa shape index (κ3) is 2.86. The number of hydrogen-bond donors (Lipinski definition) is 1. The molecule has 0 amide bonds. The largest absolute Gasteiger partial charge is 0.303 e. The summed E-state index contributed by atoms with van der Waals surface area (Å²) in [6, 6.07) is 11.3. The van der Waals surface area contributed by atoms with E-state index in [4.69, 9.17) is 11.6 Å². The van der Waals surface area contributed by atoms with Crippen LogP contribution in [0.1, 0.15) is 47.9 Å². The summed E-state index contributed by atoms with van der Waals surface area (Å²) >= 11 is 7.84. The Morgan fingerprint density at radius 3 is 2.84 bits per heavy atom. The summed E-state index contributed by atoms with van der Waals surface area (Å²) in [5.74, 6) is 0. The number of aryl methyl sites for hydroxylation is 1. The number of rotatable bonds is 3. The van der Waals surface area contributed by atoms with E-state index in [9.17, 15) is 0 Å². The van der Waals surface area contributed by atoms with Gasteiger partial charge in [0.15, 0.2) is 0 Å². The third-order valence-corrected chi connectivity index (χ3v) is 5.12. The molecule has 1 aliphatic rings. The first kappa shape index (κ1) is 13.2. The van der Waals surface area contributed by atoms with Crippen LogP contribution in [0, 0.1) is 0 Å². The average Bonchev–Trinajstić information content (AvgIpc) is 2.89. The molecule has 0 aliphatic heterocycles. The number of halogens is 1. The maximum Gasteiger partial charge on any atom is 0.0406 e. The third-order valence-electron chi connectivity index (χ3n) is 3.87. The number of benzene rings is 1. The van der Waals surface area contributed by atoms with Crippen molar-refractivity contribution in [3.05, 3.63) is 56.7 Å². The van der Waals surface area contributed by atoms with E-state index in [0.717, 1.165) is 5.02 Å². The molecule has 2 atom stereocenters. The van der Waals surface area contributed by atoms with Crippen molar-refractivity contribution in [3.8, 4) is 0 Å². The Balaban J connectivity index is 1.74. The summed E-state index contributed by atoms with van der Waals surface area (Å²) in [4.78, 5) is 1.56. The van der Waals surface area contributed by atoms with E-state index < -0.39 is 0 Å². The maximum absolute atomic E-state index is 5.94. The summed E-state index contributed by atoms with van der Waals surface area (Å²) in [6.07, 6.45) is 3.78. The Bertz CT molecular complexity index is 546. The van der Waals surface area contributed by atoms with Gasteiger partial charge in [0, 0.05) is 22.0 Å². The minimum atomic E-state index is 0.355. The van der Waals surface area contributed by atoms with Crippen LogP contribution in [0.2, 0.25) is 5.02 Å². The molecule has 0 radical (unpaired) electrons. The van der Waals surface area contributed by atoms with Crippen molar-refractivity contribution in [1.82, 2.24) is 5.32 Å². The van der Waals surface area contributed by atoms with Gasteiger partial charge in [0.25, 0.3) is 0 Å². The van der Waals surface area contributed by atoms with Gasteiger partial charge in [0.05, 0.1) is 0 Å². The van der Waals surface area contributed by atoms with E-state index in [1.165, 1.54) is 30.4 Å².